The number of hydrogen-bond acceptors (Lipinski definition) is 1. The van der Waals surface area contributed by atoms with E-state index in [1.807, 2.05) is 0 Å². The van der Waals surface area contributed by atoms with Crippen LogP contribution in [0.3, 0.4) is 0 Å². The summed E-state index contributed by atoms with van der Waals surface area (Å²) in [6.45, 7) is 4.04. The lowest BCUT2D eigenvalue weighted by atomic mass is 9.94. The second-order valence-electron chi connectivity index (χ2n) is 3.12. The molecule has 0 aromatic carbocycles. The van der Waals surface area contributed by atoms with Crippen molar-refractivity contribution < 1.29 is 13.5 Å². The first kappa shape index (κ1) is 8.91. The molecular formula is C8H13F2O. The van der Waals surface area contributed by atoms with Gasteiger partial charge >= 0.3 is 0 Å². The summed E-state index contributed by atoms with van der Waals surface area (Å²) < 4.78 is 29.8. The first-order chi connectivity index (χ1) is 5.08. The lowest BCUT2D eigenvalue weighted by molar-refractivity contribution is -0.00685. The minimum atomic E-state index is -2.75. The van der Waals surface area contributed by atoms with Crippen LogP contribution in [-0.4, -0.2) is 19.1 Å². The van der Waals surface area contributed by atoms with Gasteiger partial charge in [-0.1, -0.05) is 0 Å². The molecule has 0 aromatic rings. The molecule has 11 heavy (non-hydrogen) atoms. The summed E-state index contributed by atoms with van der Waals surface area (Å²) in [6.07, 6.45) is 1.42. The first-order valence-electron chi connectivity index (χ1n) is 3.89. The van der Waals surface area contributed by atoms with Gasteiger partial charge < -0.3 is 4.74 Å². The average molecular weight is 163 g/mol. The molecule has 0 spiro atoms. The Balaban J connectivity index is 2.24. The molecule has 1 radical (unpaired) electrons. The van der Waals surface area contributed by atoms with Crippen LogP contribution in [0, 0.1) is 12.8 Å². The summed E-state index contributed by atoms with van der Waals surface area (Å²) >= 11 is 0. The molecule has 0 atom stereocenters. The van der Waals surface area contributed by atoms with E-state index in [9.17, 15) is 8.78 Å². The zero-order valence-corrected chi connectivity index (χ0v) is 6.48. The van der Waals surface area contributed by atoms with Crippen molar-refractivity contribution in [1.29, 1.82) is 0 Å². The van der Waals surface area contributed by atoms with Crippen molar-refractivity contribution in [3.63, 3.8) is 0 Å². The van der Waals surface area contributed by atoms with Crippen LogP contribution in [0.2, 0.25) is 0 Å². The van der Waals surface area contributed by atoms with Crippen LogP contribution < -0.4 is 0 Å². The highest BCUT2D eigenvalue weighted by Gasteiger charge is 2.27. The molecule has 0 bridgehead atoms. The van der Waals surface area contributed by atoms with Crippen molar-refractivity contribution in [3.8, 4) is 0 Å². The van der Waals surface area contributed by atoms with Crippen molar-refractivity contribution in [1.82, 2.24) is 0 Å². The molecule has 1 nitrogen and oxygen atoms in total. The van der Waals surface area contributed by atoms with Crippen molar-refractivity contribution in [2.45, 2.75) is 25.2 Å². The van der Waals surface area contributed by atoms with Crippen LogP contribution in [0.15, 0.2) is 0 Å². The maximum absolute atomic E-state index is 12.4. The Morgan fingerprint density at radius 1 is 1.36 bits per heavy atom. The summed E-state index contributed by atoms with van der Waals surface area (Å²) in [5, 5.41) is 0. The molecule has 1 saturated heterocycles. The van der Waals surface area contributed by atoms with Crippen LogP contribution in [0.25, 0.3) is 0 Å². The van der Waals surface area contributed by atoms with E-state index >= 15 is 0 Å². The largest absolute Gasteiger partial charge is 0.381 e. The summed E-state index contributed by atoms with van der Waals surface area (Å²) in [5.41, 5.74) is 0. The van der Waals surface area contributed by atoms with Crippen LogP contribution in [0.1, 0.15) is 19.3 Å². The van der Waals surface area contributed by atoms with Crippen LogP contribution in [0.5, 0.6) is 0 Å². The second kappa shape index (κ2) is 3.48. The number of rotatable bonds is 2. The van der Waals surface area contributed by atoms with E-state index in [4.69, 9.17) is 4.74 Å². The van der Waals surface area contributed by atoms with E-state index in [0.29, 0.717) is 13.2 Å². The Morgan fingerprint density at radius 3 is 2.36 bits per heavy atom. The number of alkyl halides is 2. The summed E-state index contributed by atoms with van der Waals surface area (Å²) in [6, 6.07) is 0. The minimum Gasteiger partial charge on any atom is -0.381 e. The summed E-state index contributed by atoms with van der Waals surface area (Å²) in [4.78, 5) is 0. The third-order valence-corrected chi connectivity index (χ3v) is 1.93. The smallest absolute Gasteiger partial charge is 0.248 e. The van der Waals surface area contributed by atoms with Gasteiger partial charge in [-0.2, -0.15) is 0 Å². The third kappa shape index (κ3) is 3.65. The van der Waals surface area contributed by atoms with Gasteiger partial charge in [0.25, 0.3) is 0 Å². The Hall–Kier alpha value is -0.180. The van der Waals surface area contributed by atoms with Gasteiger partial charge in [-0.05, 0) is 18.8 Å². The fourth-order valence-electron chi connectivity index (χ4n) is 1.37. The van der Waals surface area contributed by atoms with Crippen molar-refractivity contribution in [2.24, 2.45) is 5.92 Å². The monoisotopic (exact) mass is 163 g/mol. The van der Waals surface area contributed by atoms with Gasteiger partial charge in [0, 0.05) is 26.6 Å². The highest BCUT2D eigenvalue weighted by atomic mass is 19.3. The molecule has 0 unspecified atom stereocenters. The van der Waals surface area contributed by atoms with Gasteiger partial charge in [-0.25, -0.2) is 8.78 Å². The third-order valence-electron chi connectivity index (χ3n) is 1.93. The molecule has 1 aliphatic heterocycles. The van der Waals surface area contributed by atoms with Gasteiger partial charge in [0.15, 0.2) is 0 Å². The highest BCUT2D eigenvalue weighted by molar-refractivity contribution is 4.75. The maximum atomic E-state index is 12.4. The molecule has 0 N–H and O–H groups in total. The minimum absolute atomic E-state index is 0.0869. The van der Waals surface area contributed by atoms with E-state index in [2.05, 4.69) is 6.92 Å². The maximum Gasteiger partial charge on any atom is 0.248 e. The predicted molar refractivity (Wildman–Crippen MR) is 38.5 cm³/mol. The van der Waals surface area contributed by atoms with Crippen molar-refractivity contribution in [3.05, 3.63) is 6.92 Å². The SMILES string of the molecule is [CH2]C(F)(F)CC1CCOCC1. The molecule has 0 amide bonds. The van der Waals surface area contributed by atoms with E-state index in [-0.39, 0.29) is 12.3 Å². The summed E-state index contributed by atoms with van der Waals surface area (Å²) in [7, 11) is 0. The number of hydrogen-bond donors (Lipinski definition) is 0. The lowest BCUT2D eigenvalue weighted by Gasteiger charge is -2.24. The van der Waals surface area contributed by atoms with Crippen LogP contribution >= 0.6 is 0 Å². The van der Waals surface area contributed by atoms with E-state index < -0.39 is 5.92 Å². The zero-order chi connectivity index (χ0) is 8.32. The Bertz CT molecular complexity index is 114. The Labute approximate surface area is 65.7 Å². The molecular weight excluding hydrogens is 150 g/mol. The normalized spacial score (nSPS) is 22.1. The standard InChI is InChI=1S/C8H13F2O/c1-8(9,10)6-7-2-4-11-5-3-7/h7H,1-6H2. The Kier molecular flexibility index (Phi) is 2.82. The highest BCUT2D eigenvalue weighted by Crippen LogP contribution is 2.28. The second-order valence-corrected chi connectivity index (χ2v) is 3.12. The zero-order valence-electron chi connectivity index (χ0n) is 6.48. The molecule has 0 saturated carbocycles. The molecule has 1 heterocycles. The van der Waals surface area contributed by atoms with Crippen molar-refractivity contribution >= 4 is 0 Å². The predicted octanol–water partition coefficient (Wildman–Crippen LogP) is 2.27. The van der Waals surface area contributed by atoms with E-state index in [1.165, 1.54) is 0 Å². The molecule has 0 aliphatic carbocycles. The van der Waals surface area contributed by atoms with Gasteiger partial charge in [0.05, 0.1) is 0 Å². The van der Waals surface area contributed by atoms with Crippen molar-refractivity contribution in [2.75, 3.05) is 13.2 Å². The van der Waals surface area contributed by atoms with Crippen LogP contribution in [0.4, 0.5) is 8.78 Å². The topological polar surface area (TPSA) is 9.23 Å². The Morgan fingerprint density at radius 2 is 1.91 bits per heavy atom. The number of halogens is 2. The molecule has 1 aliphatic rings. The number of ether oxygens (including phenoxy) is 1. The van der Waals surface area contributed by atoms with E-state index in [0.717, 1.165) is 12.8 Å². The summed E-state index contributed by atoms with van der Waals surface area (Å²) in [5.74, 6) is -2.64. The van der Waals surface area contributed by atoms with Gasteiger partial charge in [-0.3, -0.25) is 0 Å². The fraction of sp³-hybridized carbons (Fsp3) is 0.875. The molecule has 3 heteroatoms. The lowest BCUT2D eigenvalue weighted by Crippen LogP contribution is -2.23. The van der Waals surface area contributed by atoms with Gasteiger partial charge in [-0.15, -0.1) is 0 Å². The first-order valence-corrected chi connectivity index (χ1v) is 3.89. The van der Waals surface area contributed by atoms with Gasteiger partial charge in [0.1, 0.15) is 0 Å². The molecule has 1 rings (SSSR count). The van der Waals surface area contributed by atoms with Gasteiger partial charge in [0.2, 0.25) is 5.92 Å². The van der Waals surface area contributed by atoms with E-state index in [1.54, 1.807) is 0 Å². The fourth-order valence-corrected chi connectivity index (χ4v) is 1.37. The molecule has 1 fully saturated rings. The average Bonchev–Trinajstić information content (AvgIpc) is 1.85. The molecule has 65 valence electrons. The van der Waals surface area contributed by atoms with Crippen LogP contribution in [-0.2, 0) is 4.74 Å². The quantitative estimate of drug-likeness (QED) is 0.606. The molecule has 0 aromatic heterocycles.